The molecule has 1 aliphatic heterocycles. The standard InChI is InChI=1S/C36H40Cl2F2N8O/c1-20-26-14-22(36(26,2)3)15-28(20)46-35(47-13-11-43-31(19-47)32(39)40)44-24-6-7-25-29(17-24)45-33(30-18-41-9-10-42-30)48(34(25)49)12-8-21-4-5-23(37)16-27(21)38/h4-7,9-10,16-18,20,22,26,28,31-32,43H,8,11-15,19H2,1-3H3,(H,44,46)/t20-,22-,26+,28?,31+/m0/s1. The van der Waals surface area contributed by atoms with E-state index in [0.29, 0.717) is 93.3 Å². The van der Waals surface area contributed by atoms with Crippen molar-refractivity contribution in [3.05, 3.63) is 81.0 Å². The van der Waals surface area contributed by atoms with Crippen LogP contribution in [0.4, 0.5) is 14.5 Å². The summed E-state index contributed by atoms with van der Waals surface area (Å²) in [5, 5.41) is 7.91. The van der Waals surface area contributed by atoms with Crippen LogP contribution in [0.3, 0.4) is 0 Å². The molecule has 1 unspecified atom stereocenters. The number of piperazine rings is 1. The van der Waals surface area contributed by atoms with E-state index in [1.165, 1.54) is 6.42 Å². The molecule has 3 saturated carbocycles. The first-order chi connectivity index (χ1) is 23.5. The Labute approximate surface area is 294 Å². The quantitative estimate of drug-likeness (QED) is 0.161. The van der Waals surface area contributed by atoms with E-state index in [-0.39, 0.29) is 18.1 Å². The van der Waals surface area contributed by atoms with Gasteiger partial charge < -0.3 is 15.5 Å². The Morgan fingerprint density at radius 1 is 1.16 bits per heavy atom. The van der Waals surface area contributed by atoms with E-state index in [1.807, 2.05) is 23.1 Å². The normalized spacial score (nSPS) is 25.0. The predicted octanol–water partition coefficient (Wildman–Crippen LogP) is 6.78. The van der Waals surface area contributed by atoms with Crippen molar-refractivity contribution in [1.82, 2.24) is 29.7 Å². The highest BCUT2D eigenvalue weighted by molar-refractivity contribution is 6.35. The molecule has 9 nitrogen and oxygen atoms in total. The average Bonchev–Trinajstić information content (AvgIpc) is 3.09. The van der Waals surface area contributed by atoms with Crippen LogP contribution in [0.1, 0.15) is 39.2 Å². The first-order valence-electron chi connectivity index (χ1n) is 16.9. The zero-order valence-electron chi connectivity index (χ0n) is 27.7. The van der Waals surface area contributed by atoms with Crippen molar-refractivity contribution in [1.29, 1.82) is 0 Å². The van der Waals surface area contributed by atoms with Gasteiger partial charge in [0, 0.05) is 54.3 Å². The van der Waals surface area contributed by atoms with Gasteiger partial charge in [-0.15, -0.1) is 0 Å². The average molecular weight is 710 g/mol. The van der Waals surface area contributed by atoms with Crippen molar-refractivity contribution in [2.24, 2.45) is 28.2 Å². The van der Waals surface area contributed by atoms with E-state index in [4.69, 9.17) is 33.2 Å². The van der Waals surface area contributed by atoms with Crippen molar-refractivity contribution in [2.75, 3.05) is 25.0 Å². The number of aryl methyl sites for hydroxylation is 1. The maximum absolute atomic E-state index is 14.0. The molecule has 13 heteroatoms. The Kier molecular flexibility index (Phi) is 9.36. The van der Waals surface area contributed by atoms with E-state index in [1.54, 1.807) is 41.4 Å². The Morgan fingerprint density at radius 2 is 2.00 bits per heavy atom. The highest BCUT2D eigenvalue weighted by atomic mass is 35.5. The van der Waals surface area contributed by atoms with E-state index < -0.39 is 12.5 Å². The van der Waals surface area contributed by atoms with Gasteiger partial charge in [-0.05, 0) is 78.3 Å². The lowest BCUT2D eigenvalue weighted by Gasteiger charge is -2.61. The molecule has 2 bridgehead atoms. The number of fused-ring (bicyclic) bond motifs is 3. The predicted molar refractivity (Wildman–Crippen MR) is 191 cm³/mol. The number of alkyl halides is 2. The zero-order valence-corrected chi connectivity index (χ0v) is 29.2. The van der Waals surface area contributed by atoms with Gasteiger partial charge in [-0.25, -0.2) is 23.7 Å². The molecule has 4 aromatic rings. The fraction of sp³-hybridized carbons (Fsp3) is 0.472. The van der Waals surface area contributed by atoms with Crippen LogP contribution in [-0.4, -0.2) is 68.5 Å². The maximum Gasteiger partial charge on any atom is 0.261 e. The minimum Gasteiger partial charge on any atom is -0.340 e. The number of benzene rings is 2. The number of aliphatic imine (C=N–C) groups is 1. The van der Waals surface area contributed by atoms with Crippen LogP contribution >= 0.6 is 23.2 Å². The smallest absolute Gasteiger partial charge is 0.261 e. The Morgan fingerprint density at radius 3 is 2.71 bits per heavy atom. The summed E-state index contributed by atoms with van der Waals surface area (Å²) in [6.45, 7) is 8.38. The molecular weight excluding hydrogens is 669 g/mol. The second-order valence-corrected chi connectivity index (χ2v) is 15.0. The van der Waals surface area contributed by atoms with Gasteiger partial charge in [0.15, 0.2) is 11.8 Å². The fourth-order valence-electron chi connectivity index (χ4n) is 7.98. The first kappa shape index (κ1) is 33.8. The summed E-state index contributed by atoms with van der Waals surface area (Å²) >= 11 is 12.5. The minimum atomic E-state index is -2.49. The van der Waals surface area contributed by atoms with E-state index in [9.17, 15) is 13.6 Å². The molecule has 5 atom stereocenters. The number of hydrogen-bond donors (Lipinski definition) is 2. The second-order valence-electron chi connectivity index (χ2n) is 14.1. The molecule has 0 radical (unpaired) electrons. The molecule has 8 rings (SSSR count). The molecule has 0 spiro atoms. The van der Waals surface area contributed by atoms with Gasteiger partial charge in [-0.2, -0.15) is 0 Å². The second kappa shape index (κ2) is 13.6. The van der Waals surface area contributed by atoms with Crippen molar-refractivity contribution >= 4 is 45.8 Å². The van der Waals surface area contributed by atoms with E-state index in [0.717, 1.165) is 12.0 Å². The van der Waals surface area contributed by atoms with Gasteiger partial charge in [0.25, 0.3) is 12.0 Å². The lowest BCUT2D eigenvalue weighted by molar-refractivity contribution is -0.108. The highest BCUT2D eigenvalue weighted by Gasteiger charge is 2.56. The van der Waals surface area contributed by atoms with Gasteiger partial charge in [0.2, 0.25) is 0 Å². The van der Waals surface area contributed by atoms with Crippen molar-refractivity contribution in [2.45, 2.75) is 65.1 Å². The summed E-state index contributed by atoms with van der Waals surface area (Å²) in [6, 6.07) is 9.81. The van der Waals surface area contributed by atoms with Crippen LogP contribution in [0.25, 0.3) is 22.4 Å². The molecule has 1 saturated heterocycles. The lowest BCUT2D eigenvalue weighted by Crippen LogP contribution is -2.58. The third-order valence-corrected chi connectivity index (χ3v) is 11.6. The summed E-state index contributed by atoms with van der Waals surface area (Å²) in [5.74, 6) is 2.51. The molecule has 0 amide bonds. The molecule has 2 aromatic carbocycles. The topological polar surface area (TPSA) is 100 Å². The number of anilines is 1. The van der Waals surface area contributed by atoms with Gasteiger partial charge in [-0.1, -0.05) is 50.0 Å². The molecule has 3 aliphatic carbocycles. The van der Waals surface area contributed by atoms with Gasteiger partial charge in [0.1, 0.15) is 5.69 Å². The van der Waals surface area contributed by atoms with E-state index in [2.05, 4.69) is 41.4 Å². The molecule has 4 fully saturated rings. The molecular formula is C36H40Cl2F2N8O. The molecule has 2 N–H and O–H groups in total. The summed E-state index contributed by atoms with van der Waals surface area (Å²) in [7, 11) is 0. The number of guanidine groups is 1. The molecule has 3 heterocycles. The van der Waals surface area contributed by atoms with Gasteiger partial charge in [0.05, 0.1) is 29.2 Å². The van der Waals surface area contributed by atoms with Crippen LogP contribution < -0.4 is 16.2 Å². The molecule has 4 aliphatic rings. The van der Waals surface area contributed by atoms with Crippen molar-refractivity contribution in [3.63, 3.8) is 0 Å². The van der Waals surface area contributed by atoms with Gasteiger partial charge in [-0.3, -0.25) is 14.3 Å². The number of halogens is 4. The van der Waals surface area contributed by atoms with Crippen molar-refractivity contribution in [3.8, 4) is 11.5 Å². The van der Waals surface area contributed by atoms with Crippen LogP contribution in [0.15, 0.2) is 64.8 Å². The molecule has 2 aromatic heterocycles. The SMILES string of the molecule is C[C@@H]1C(N=C(Nc2ccc3c(=O)n(CCc4ccc(Cl)cc4Cl)c(-c4cnccn4)nc3c2)N2CCN[C@@H](C(F)F)C2)C[C@@H]2C[C@H]1C2(C)C. The Hall–Kier alpha value is -3.67. The van der Waals surface area contributed by atoms with Crippen LogP contribution in [0, 0.1) is 23.2 Å². The highest BCUT2D eigenvalue weighted by Crippen LogP contribution is 2.61. The monoisotopic (exact) mass is 708 g/mol. The summed E-state index contributed by atoms with van der Waals surface area (Å²) in [4.78, 5) is 34.8. The number of nitrogens with zero attached hydrogens (tertiary/aromatic N) is 6. The summed E-state index contributed by atoms with van der Waals surface area (Å²) < 4.78 is 29.3. The first-order valence-corrected chi connectivity index (χ1v) is 17.6. The number of hydrogen-bond acceptors (Lipinski definition) is 6. The van der Waals surface area contributed by atoms with Crippen LogP contribution in [0.2, 0.25) is 10.0 Å². The number of aromatic nitrogens is 4. The van der Waals surface area contributed by atoms with E-state index >= 15 is 0 Å². The maximum atomic E-state index is 14.0. The zero-order chi connectivity index (χ0) is 34.4. The lowest BCUT2D eigenvalue weighted by atomic mass is 9.45. The largest absolute Gasteiger partial charge is 0.340 e. The van der Waals surface area contributed by atoms with Crippen molar-refractivity contribution < 1.29 is 8.78 Å². The van der Waals surface area contributed by atoms with Crippen LogP contribution in [0.5, 0.6) is 0 Å². The fourth-order valence-corrected chi connectivity index (χ4v) is 8.49. The third-order valence-electron chi connectivity index (χ3n) is 11.0. The van der Waals surface area contributed by atoms with Gasteiger partial charge >= 0.3 is 0 Å². The third kappa shape index (κ3) is 6.65. The Balaban J connectivity index is 1.24. The summed E-state index contributed by atoms with van der Waals surface area (Å²) in [5.41, 5.74) is 2.51. The minimum absolute atomic E-state index is 0.0855. The Bertz CT molecular complexity index is 1940. The van der Waals surface area contributed by atoms with Crippen LogP contribution in [-0.2, 0) is 13.0 Å². The number of nitrogens with one attached hydrogen (secondary N) is 2. The number of rotatable bonds is 7. The molecule has 258 valence electrons. The summed E-state index contributed by atoms with van der Waals surface area (Å²) in [6.07, 6.45) is 4.88. The molecule has 49 heavy (non-hydrogen) atoms.